The van der Waals surface area contributed by atoms with Gasteiger partial charge in [-0.1, -0.05) is 24.3 Å². The van der Waals surface area contributed by atoms with Gasteiger partial charge in [0, 0.05) is 0 Å². The van der Waals surface area contributed by atoms with Crippen LogP contribution < -0.4 is 10.1 Å². The van der Waals surface area contributed by atoms with Crippen molar-refractivity contribution in [1.82, 2.24) is 5.32 Å². The lowest BCUT2D eigenvalue weighted by molar-refractivity contribution is 0.305. The predicted octanol–water partition coefficient (Wildman–Crippen LogP) is 3.48. The minimum atomic E-state index is -0.203. The van der Waals surface area contributed by atoms with Crippen molar-refractivity contribution in [3.63, 3.8) is 0 Å². The molecule has 2 aromatic carbocycles. The van der Waals surface area contributed by atoms with Crippen LogP contribution in [-0.2, 0) is 13.0 Å². The van der Waals surface area contributed by atoms with E-state index in [2.05, 4.69) is 29.6 Å². The van der Waals surface area contributed by atoms with Crippen molar-refractivity contribution in [1.29, 1.82) is 0 Å². The zero-order chi connectivity index (χ0) is 14.4. The highest BCUT2D eigenvalue weighted by Crippen LogP contribution is 2.17. The van der Waals surface area contributed by atoms with Gasteiger partial charge < -0.3 is 10.1 Å². The Kier molecular flexibility index (Phi) is 5.13. The second kappa shape index (κ2) is 7.06. The summed E-state index contributed by atoms with van der Waals surface area (Å²) in [6.07, 6.45) is 1.02. The van der Waals surface area contributed by atoms with Crippen LogP contribution in [0.15, 0.2) is 42.5 Å². The van der Waals surface area contributed by atoms with E-state index in [1.807, 2.05) is 7.05 Å². The fourth-order valence-corrected chi connectivity index (χ4v) is 1.95. The summed E-state index contributed by atoms with van der Waals surface area (Å²) in [6.45, 7) is 3.21. The Hall–Kier alpha value is -1.87. The number of likely N-dealkylation sites (N-methyl/N-ethyl adjacent to an activating group) is 1. The summed E-state index contributed by atoms with van der Waals surface area (Å²) in [7, 11) is 1.95. The van der Waals surface area contributed by atoms with Crippen LogP contribution in [0.1, 0.15) is 16.7 Å². The molecule has 0 aliphatic heterocycles. The van der Waals surface area contributed by atoms with Crippen LogP contribution in [0.25, 0.3) is 0 Å². The summed E-state index contributed by atoms with van der Waals surface area (Å²) in [5.74, 6) is 0.495. The molecule has 2 rings (SSSR count). The van der Waals surface area contributed by atoms with Gasteiger partial charge in [-0.3, -0.25) is 0 Å². The van der Waals surface area contributed by atoms with Gasteiger partial charge >= 0.3 is 0 Å². The Balaban J connectivity index is 1.91. The van der Waals surface area contributed by atoms with E-state index in [-0.39, 0.29) is 5.82 Å². The Bertz CT molecular complexity index is 551. The maximum absolute atomic E-state index is 13.1. The van der Waals surface area contributed by atoms with E-state index in [4.69, 9.17) is 4.74 Å². The van der Waals surface area contributed by atoms with Crippen LogP contribution in [0.3, 0.4) is 0 Å². The molecule has 0 heterocycles. The highest BCUT2D eigenvalue weighted by atomic mass is 19.1. The molecule has 0 radical (unpaired) electrons. The predicted molar refractivity (Wildman–Crippen MR) is 79.5 cm³/mol. The van der Waals surface area contributed by atoms with Crippen molar-refractivity contribution in [2.45, 2.75) is 20.0 Å². The molecule has 0 saturated carbocycles. The van der Waals surface area contributed by atoms with Crippen LogP contribution in [0.2, 0.25) is 0 Å². The molecule has 1 N–H and O–H groups in total. The summed E-state index contributed by atoms with van der Waals surface area (Å²) < 4.78 is 18.8. The molecule has 3 heteroatoms. The number of aryl methyl sites for hydroxylation is 1. The topological polar surface area (TPSA) is 21.3 Å². The quantitative estimate of drug-likeness (QED) is 0.870. The second-order valence-electron chi connectivity index (χ2n) is 4.87. The molecule has 0 bridgehead atoms. The minimum absolute atomic E-state index is 0.203. The van der Waals surface area contributed by atoms with Crippen LogP contribution >= 0.6 is 0 Å². The Labute approximate surface area is 119 Å². The lowest BCUT2D eigenvalue weighted by Gasteiger charge is -2.08. The molecule has 0 aromatic heterocycles. The normalized spacial score (nSPS) is 10.6. The summed E-state index contributed by atoms with van der Waals surface area (Å²) in [5, 5.41) is 3.13. The van der Waals surface area contributed by atoms with E-state index in [1.54, 1.807) is 19.1 Å². The summed E-state index contributed by atoms with van der Waals surface area (Å²) >= 11 is 0. The molecule has 0 unspecified atom stereocenters. The molecule has 0 aliphatic carbocycles. The molecule has 2 nitrogen and oxygen atoms in total. The van der Waals surface area contributed by atoms with E-state index < -0.39 is 0 Å². The van der Waals surface area contributed by atoms with E-state index in [1.165, 1.54) is 11.6 Å². The van der Waals surface area contributed by atoms with Gasteiger partial charge in [-0.25, -0.2) is 4.39 Å². The smallest absolute Gasteiger partial charge is 0.126 e. The molecular weight excluding hydrogens is 253 g/mol. The monoisotopic (exact) mass is 273 g/mol. The van der Waals surface area contributed by atoms with Gasteiger partial charge in [0.05, 0.1) is 0 Å². The highest BCUT2D eigenvalue weighted by Gasteiger charge is 2.01. The zero-order valence-electron chi connectivity index (χ0n) is 11.9. The standard InChI is InChI=1S/C17H20FNO/c1-13-11-16(7-8-17(13)18)20-12-15-5-3-14(4-6-15)9-10-19-2/h3-8,11,19H,9-10,12H2,1-2H3. The van der Waals surface area contributed by atoms with Crippen LogP contribution in [-0.4, -0.2) is 13.6 Å². The molecule has 106 valence electrons. The number of rotatable bonds is 6. The highest BCUT2D eigenvalue weighted by molar-refractivity contribution is 5.29. The maximum Gasteiger partial charge on any atom is 0.126 e. The van der Waals surface area contributed by atoms with E-state index in [9.17, 15) is 4.39 Å². The first kappa shape index (κ1) is 14.5. The fourth-order valence-electron chi connectivity index (χ4n) is 1.95. The van der Waals surface area contributed by atoms with Gasteiger partial charge in [0.25, 0.3) is 0 Å². The summed E-state index contributed by atoms with van der Waals surface area (Å²) in [5.41, 5.74) is 3.02. The van der Waals surface area contributed by atoms with Gasteiger partial charge in [0.1, 0.15) is 18.2 Å². The van der Waals surface area contributed by atoms with Crippen molar-refractivity contribution in [3.05, 3.63) is 65.0 Å². The lowest BCUT2D eigenvalue weighted by atomic mass is 10.1. The Morgan fingerprint density at radius 2 is 1.75 bits per heavy atom. The molecule has 0 spiro atoms. The van der Waals surface area contributed by atoms with Crippen molar-refractivity contribution in [2.75, 3.05) is 13.6 Å². The molecule has 20 heavy (non-hydrogen) atoms. The number of nitrogens with one attached hydrogen (secondary N) is 1. The largest absolute Gasteiger partial charge is 0.489 e. The van der Waals surface area contributed by atoms with E-state index in [0.717, 1.165) is 18.5 Å². The van der Waals surface area contributed by atoms with Gasteiger partial charge in [0.15, 0.2) is 0 Å². The molecule has 0 fully saturated rings. The first-order chi connectivity index (χ1) is 9.69. The number of hydrogen-bond acceptors (Lipinski definition) is 2. The van der Waals surface area contributed by atoms with Crippen LogP contribution in [0.4, 0.5) is 4.39 Å². The number of benzene rings is 2. The fraction of sp³-hybridized carbons (Fsp3) is 0.294. The first-order valence-electron chi connectivity index (χ1n) is 6.80. The van der Waals surface area contributed by atoms with Gasteiger partial charge in [0.2, 0.25) is 0 Å². The van der Waals surface area contributed by atoms with E-state index in [0.29, 0.717) is 17.9 Å². The molecule has 0 amide bonds. The number of halogens is 1. The average Bonchev–Trinajstić information content (AvgIpc) is 2.47. The molecule has 2 aromatic rings. The summed E-state index contributed by atoms with van der Waals surface area (Å²) in [4.78, 5) is 0. The average molecular weight is 273 g/mol. The number of ether oxygens (including phenoxy) is 1. The Morgan fingerprint density at radius 3 is 2.40 bits per heavy atom. The molecular formula is C17H20FNO. The molecule has 0 aliphatic rings. The van der Waals surface area contributed by atoms with Crippen molar-refractivity contribution in [2.24, 2.45) is 0 Å². The summed E-state index contributed by atoms with van der Waals surface area (Å²) in [6, 6.07) is 13.2. The molecule has 0 atom stereocenters. The van der Waals surface area contributed by atoms with Crippen LogP contribution in [0, 0.1) is 12.7 Å². The zero-order valence-corrected chi connectivity index (χ0v) is 11.9. The third kappa shape index (κ3) is 4.07. The Morgan fingerprint density at radius 1 is 1.05 bits per heavy atom. The van der Waals surface area contributed by atoms with Crippen molar-refractivity contribution >= 4 is 0 Å². The van der Waals surface area contributed by atoms with Gasteiger partial charge in [-0.15, -0.1) is 0 Å². The lowest BCUT2D eigenvalue weighted by Crippen LogP contribution is -2.10. The van der Waals surface area contributed by atoms with Crippen molar-refractivity contribution < 1.29 is 9.13 Å². The first-order valence-corrected chi connectivity index (χ1v) is 6.80. The van der Waals surface area contributed by atoms with Gasteiger partial charge in [-0.05, 0) is 61.8 Å². The second-order valence-corrected chi connectivity index (χ2v) is 4.87. The minimum Gasteiger partial charge on any atom is -0.489 e. The van der Waals surface area contributed by atoms with Crippen molar-refractivity contribution in [3.8, 4) is 5.75 Å². The van der Waals surface area contributed by atoms with Gasteiger partial charge in [-0.2, -0.15) is 0 Å². The number of hydrogen-bond donors (Lipinski definition) is 1. The van der Waals surface area contributed by atoms with E-state index >= 15 is 0 Å². The molecule has 0 saturated heterocycles. The third-order valence-electron chi connectivity index (χ3n) is 3.22. The van der Waals surface area contributed by atoms with Crippen LogP contribution in [0.5, 0.6) is 5.75 Å². The SMILES string of the molecule is CNCCc1ccc(COc2ccc(F)c(C)c2)cc1. The maximum atomic E-state index is 13.1. The third-order valence-corrected chi connectivity index (χ3v) is 3.22.